The van der Waals surface area contributed by atoms with E-state index in [2.05, 4.69) is 27.1 Å². The number of hydrogen-bond donors (Lipinski definition) is 3. The van der Waals surface area contributed by atoms with Gasteiger partial charge < -0.3 is 26.0 Å². The molecule has 3 aromatic rings. The summed E-state index contributed by atoms with van der Waals surface area (Å²) in [5.41, 5.74) is 6.93. The standard InChI is InChI=1S/C31H30Cl2N6O3S/c1-31(18-34)9-11-39(12-10-31)25-14-36-26(15-35-25)43-24-8-4-7-22(28(24)33)37-30(42)27-23(17-40)38(2)16-21(29(27)41)19-5-3-6-20(32)13-19/h3-8,13-16,41H,9-12,18,34H2,1-2H3,(H,37,42). The second-order valence-electron chi connectivity index (χ2n) is 10.7. The molecule has 4 N–H and O–H groups in total. The van der Waals surface area contributed by atoms with Crippen LogP contribution in [0.5, 0.6) is 0 Å². The number of likely N-dealkylation sites (N-methyl/N-ethyl adjacent to an activating group) is 1. The average Bonchev–Trinajstić information content (AvgIpc) is 3.00. The number of carbonyl (C=O) groups excluding carboxylic acids is 2. The van der Waals surface area contributed by atoms with E-state index in [4.69, 9.17) is 28.9 Å². The number of nitrogens with two attached hydrogens (primary N) is 1. The first-order valence-corrected chi connectivity index (χ1v) is 15.1. The van der Waals surface area contributed by atoms with E-state index in [1.165, 1.54) is 22.9 Å². The second kappa shape index (κ2) is 12.8. The van der Waals surface area contributed by atoms with Crippen LogP contribution in [0.4, 0.5) is 11.5 Å². The normalized spacial score (nSPS) is 16.6. The molecule has 1 amide bonds. The first-order chi connectivity index (χ1) is 20.6. The zero-order valence-electron chi connectivity index (χ0n) is 23.6. The molecule has 0 radical (unpaired) electrons. The molecule has 0 atom stereocenters. The predicted octanol–water partition coefficient (Wildman–Crippen LogP) is 5.95. The van der Waals surface area contributed by atoms with Gasteiger partial charge in [0.05, 0.1) is 23.1 Å². The number of aromatic nitrogens is 2. The fraction of sp³-hybridized carbons (Fsp3) is 0.258. The van der Waals surface area contributed by atoms with Crippen LogP contribution >= 0.6 is 35.0 Å². The van der Waals surface area contributed by atoms with Crippen LogP contribution in [0.25, 0.3) is 5.57 Å². The number of aliphatic hydroxyl groups excluding tert-OH is 1. The number of nitrogens with zero attached hydrogens (tertiary/aromatic N) is 4. The number of halogens is 2. The molecule has 1 fully saturated rings. The van der Waals surface area contributed by atoms with Crippen LogP contribution in [0.1, 0.15) is 25.3 Å². The number of hydrogen-bond acceptors (Lipinski definition) is 9. The van der Waals surface area contributed by atoms with Gasteiger partial charge in [0.15, 0.2) is 5.94 Å². The van der Waals surface area contributed by atoms with E-state index in [1.807, 2.05) is 0 Å². The van der Waals surface area contributed by atoms with Gasteiger partial charge in [-0.1, -0.05) is 60.1 Å². The van der Waals surface area contributed by atoms with Gasteiger partial charge in [-0.25, -0.2) is 14.8 Å². The lowest BCUT2D eigenvalue weighted by Crippen LogP contribution is -2.42. The zero-order valence-corrected chi connectivity index (χ0v) is 25.9. The Morgan fingerprint density at radius 3 is 2.56 bits per heavy atom. The third kappa shape index (κ3) is 6.59. The lowest BCUT2D eigenvalue weighted by atomic mass is 9.80. The Morgan fingerprint density at radius 2 is 1.91 bits per heavy atom. The summed E-state index contributed by atoms with van der Waals surface area (Å²) in [7, 11) is 1.59. The van der Waals surface area contributed by atoms with Crippen LogP contribution in [0.2, 0.25) is 10.0 Å². The predicted molar refractivity (Wildman–Crippen MR) is 171 cm³/mol. The number of anilines is 2. The quantitative estimate of drug-likeness (QED) is 0.270. The van der Waals surface area contributed by atoms with Gasteiger partial charge in [-0.3, -0.25) is 4.79 Å². The van der Waals surface area contributed by atoms with Crippen LogP contribution in [0.3, 0.4) is 0 Å². The molecule has 0 unspecified atom stereocenters. The van der Waals surface area contributed by atoms with E-state index in [-0.39, 0.29) is 27.5 Å². The summed E-state index contributed by atoms with van der Waals surface area (Å²) < 4.78 is 0. The van der Waals surface area contributed by atoms with Gasteiger partial charge in [0, 0.05) is 41.8 Å². The Balaban J connectivity index is 1.34. The van der Waals surface area contributed by atoms with Gasteiger partial charge in [0.25, 0.3) is 5.91 Å². The van der Waals surface area contributed by atoms with Crippen LogP contribution in [-0.4, -0.2) is 58.5 Å². The summed E-state index contributed by atoms with van der Waals surface area (Å²) >= 11 is 14.2. The van der Waals surface area contributed by atoms with Crippen LogP contribution in [-0.2, 0) is 9.59 Å². The van der Waals surface area contributed by atoms with Gasteiger partial charge in [-0.05, 0) is 54.6 Å². The maximum Gasteiger partial charge on any atom is 0.262 e. The molecule has 1 saturated heterocycles. The Hall–Kier alpha value is -3.79. The molecule has 2 aromatic carbocycles. The fourth-order valence-corrected chi connectivity index (χ4v) is 6.20. The molecule has 1 aromatic heterocycles. The molecule has 222 valence electrons. The molecule has 9 nitrogen and oxygen atoms in total. The SMILES string of the molecule is CN1C=C(c2cccc(Cl)c2)C(O)=C(C(=O)Nc2cccc(Sc3cnc(N4CCC(C)(CN)CC4)cn3)c2Cl)C1=C=O. The largest absolute Gasteiger partial charge is 0.506 e. The number of nitrogens with one attached hydrogen (secondary N) is 1. The Bertz CT molecular complexity index is 1660. The second-order valence-corrected chi connectivity index (χ2v) is 12.6. The summed E-state index contributed by atoms with van der Waals surface area (Å²) in [5.74, 6) is 1.47. The molecular formula is C31H30Cl2N6O3S. The third-order valence-electron chi connectivity index (χ3n) is 7.69. The third-order valence-corrected chi connectivity index (χ3v) is 9.43. The molecule has 3 heterocycles. The minimum Gasteiger partial charge on any atom is -0.506 e. The lowest BCUT2D eigenvalue weighted by molar-refractivity contribution is -0.112. The van der Waals surface area contributed by atoms with E-state index in [1.54, 1.807) is 67.8 Å². The minimum absolute atomic E-state index is 0.126. The van der Waals surface area contributed by atoms with Gasteiger partial charge >= 0.3 is 0 Å². The molecule has 0 saturated carbocycles. The highest BCUT2D eigenvalue weighted by Crippen LogP contribution is 2.39. The molecule has 43 heavy (non-hydrogen) atoms. The maximum atomic E-state index is 13.5. The van der Waals surface area contributed by atoms with Crippen molar-refractivity contribution in [1.29, 1.82) is 0 Å². The lowest BCUT2D eigenvalue weighted by Gasteiger charge is -2.39. The highest BCUT2D eigenvalue weighted by molar-refractivity contribution is 7.99. The molecule has 0 bridgehead atoms. The van der Waals surface area contributed by atoms with Crippen molar-refractivity contribution < 1.29 is 14.7 Å². The average molecular weight is 638 g/mol. The van der Waals surface area contributed by atoms with Crippen molar-refractivity contribution in [1.82, 2.24) is 14.9 Å². The number of allylic oxidation sites excluding steroid dienone is 1. The van der Waals surface area contributed by atoms with Crippen molar-refractivity contribution in [3.63, 3.8) is 0 Å². The number of carbonyl (C=O) groups is 1. The zero-order chi connectivity index (χ0) is 30.7. The van der Waals surface area contributed by atoms with Crippen molar-refractivity contribution in [2.75, 3.05) is 36.9 Å². The van der Waals surface area contributed by atoms with Crippen molar-refractivity contribution in [3.8, 4) is 0 Å². The summed E-state index contributed by atoms with van der Waals surface area (Å²) in [6, 6.07) is 12.0. The highest BCUT2D eigenvalue weighted by atomic mass is 35.5. The summed E-state index contributed by atoms with van der Waals surface area (Å²) in [6.07, 6.45) is 6.99. The molecule has 5 rings (SSSR count). The van der Waals surface area contributed by atoms with Crippen LogP contribution in [0.15, 0.2) is 88.0 Å². The smallest absolute Gasteiger partial charge is 0.262 e. The van der Waals surface area contributed by atoms with Gasteiger partial charge in [0.1, 0.15) is 27.9 Å². The van der Waals surface area contributed by atoms with E-state index < -0.39 is 5.91 Å². The Kier molecular flexibility index (Phi) is 9.15. The highest BCUT2D eigenvalue weighted by Gasteiger charge is 2.31. The first kappa shape index (κ1) is 30.7. The van der Waals surface area contributed by atoms with E-state index in [0.717, 1.165) is 31.7 Å². The molecule has 0 spiro atoms. The first-order valence-electron chi connectivity index (χ1n) is 13.6. The monoisotopic (exact) mass is 636 g/mol. The van der Waals surface area contributed by atoms with E-state index >= 15 is 0 Å². The van der Waals surface area contributed by atoms with Crippen molar-refractivity contribution in [2.45, 2.75) is 29.7 Å². The van der Waals surface area contributed by atoms with Crippen LogP contribution < -0.4 is 16.0 Å². The summed E-state index contributed by atoms with van der Waals surface area (Å²) in [5, 5.41) is 15.2. The fourth-order valence-electron chi connectivity index (χ4n) is 4.94. The van der Waals surface area contributed by atoms with Crippen molar-refractivity contribution in [2.24, 2.45) is 11.1 Å². The van der Waals surface area contributed by atoms with Gasteiger partial charge in [-0.2, -0.15) is 0 Å². The number of piperidine rings is 1. The Labute approximate surface area is 264 Å². The minimum atomic E-state index is -0.726. The number of amides is 1. The van der Waals surface area contributed by atoms with Crippen LogP contribution in [0, 0.1) is 5.41 Å². The Morgan fingerprint density at radius 1 is 1.16 bits per heavy atom. The van der Waals surface area contributed by atoms with E-state index in [9.17, 15) is 14.7 Å². The topological polar surface area (TPSA) is 125 Å². The number of benzene rings is 2. The molecule has 12 heteroatoms. The summed E-state index contributed by atoms with van der Waals surface area (Å²) in [4.78, 5) is 38.8. The van der Waals surface area contributed by atoms with Gasteiger partial charge in [-0.15, -0.1) is 0 Å². The molecular weight excluding hydrogens is 607 g/mol. The molecule has 2 aliphatic heterocycles. The number of aliphatic hydroxyl groups is 1. The maximum absolute atomic E-state index is 13.5. The van der Waals surface area contributed by atoms with Crippen molar-refractivity contribution >= 4 is 63.9 Å². The molecule has 0 aliphatic carbocycles. The van der Waals surface area contributed by atoms with Gasteiger partial charge in [0.2, 0.25) is 0 Å². The number of rotatable bonds is 7. The molecule has 2 aliphatic rings. The van der Waals surface area contributed by atoms with E-state index in [0.29, 0.717) is 38.3 Å². The summed E-state index contributed by atoms with van der Waals surface area (Å²) in [6.45, 7) is 4.65. The van der Waals surface area contributed by atoms with Crippen molar-refractivity contribution in [3.05, 3.63) is 93.7 Å².